The SMILES string of the molecule is CCN(c1nccc2occc12)C1CNC1. The summed E-state index contributed by atoms with van der Waals surface area (Å²) >= 11 is 0. The van der Waals surface area contributed by atoms with Crippen molar-refractivity contribution in [3.05, 3.63) is 24.6 Å². The second-order valence-electron chi connectivity index (χ2n) is 4.07. The van der Waals surface area contributed by atoms with Crippen molar-refractivity contribution in [1.29, 1.82) is 0 Å². The van der Waals surface area contributed by atoms with Crippen LogP contribution in [0.5, 0.6) is 0 Å². The third-order valence-corrected chi connectivity index (χ3v) is 3.17. The van der Waals surface area contributed by atoms with Crippen LogP contribution in [0.25, 0.3) is 11.0 Å². The summed E-state index contributed by atoms with van der Waals surface area (Å²) in [6.45, 7) is 5.23. The first-order chi connectivity index (χ1) is 7.90. The molecule has 1 saturated heterocycles. The highest BCUT2D eigenvalue weighted by Gasteiger charge is 2.25. The van der Waals surface area contributed by atoms with Gasteiger partial charge < -0.3 is 14.6 Å². The molecule has 1 fully saturated rings. The van der Waals surface area contributed by atoms with E-state index in [0.29, 0.717) is 6.04 Å². The maximum Gasteiger partial charge on any atom is 0.140 e. The van der Waals surface area contributed by atoms with E-state index in [2.05, 4.69) is 22.1 Å². The molecule has 3 rings (SSSR count). The Balaban J connectivity index is 2.05. The molecular formula is C12H15N3O. The topological polar surface area (TPSA) is 41.3 Å². The summed E-state index contributed by atoms with van der Waals surface area (Å²) in [6, 6.07) is 4.47. The number of pyridine rings is 1. The fraction of sp³-hybridized carbons (Fsp3) is 0.417. The number of anilines is 1. The molecular weight excluding hydrogens is 202 g/mol. The number of hydrogen-bond acceptors (Lipinski definition) is 4. The summed E-state index contributed by atoms with van der Waals surface area (Å²) in [5, 5.41) is 4.40. The van der Waals surface area contributed by atoms with E-state index in [1.807, 2.05) is 18.3 Å². The summed E-state index contributed by atoms with van der Waals surface area (Å²) in [5.74, 6) is 1.04. The van der Waals surface area contributed by atoms with Gasteiger partial charge in [0.05, 0.1) is 17.7 Å². The zero-order valence-electron chi connectivity index (χ0n) is 9.31. The highest BCUT2D eigenvalue weighted by Crippen LogP contribution is 2.27. The van der Waals surface area contributed by atoms with Crippen LogP contribution in [0.3, 0.4) is 0 Å². The molecule has 0 unspecified atom stereocenters. The van der Waals surface area contributed by atoms with Crippen LogP contribution < -0.4 is 10.2 Å². The monoisotopic (exact) mass is 217 g/mol. The molecule has 1 aliphatic rings. The van der Waals surface area contributed by atoms with Crippen molar-refractivity contribution in [2.24, 2.45) is 0 Å². The Labute approximate surface area is 94.3 Å². The smallest absolute Gasteiger partial charge is 0.140 e. The number of fused-ring (bicyclic) bond motifs is 1. The average molecular weight is 217 g/mol. The number of furan rings is 1. The van der Waals surface area contributed by atoms with Crippen LogP contribution in [-0.2, 0) is 0 Å². The molecule has 0 radical (unpaired) electrons. The lowest BCUT2D eigenvalue weighted by molar-refractivity contribution is 0.416. The normalized spacial score (nSPS) is 16.3. The van der Waals surface area contributed by atoms with Crippen molar-refractivity contribution >= 4 is 16.8 Å². The number of hydrogen-bond donors (Lipinski definition) is 1. The molecule has 0 bridgehead atoms. The minimum absolute atomic E-state index is 0.568. The summed E-state index contributed by atoms with van der Waals surface area (Å²) in [7, 11) is 0. The zero-order valence-corrected chi connectivity index (χ0v) is 9.31. The molecule has 16 heavy (non-hydrogen) atoms. The van der Waals surface area contributed by atoms with E-state index in [1.54, 1.807) is 6.26 Å². The van der Waals surface area contributed by atoms with Gasteiger partial charge in [-0.2, -0.15) is 0 Å². The van der Waals surface area contributed by atoms with Gasteiger partial charge in [0.25, 0.3) is 0 Å². The fourth-order valence-corrected chi connectivity index (χ4v) is 2.18. The van der Waals surface area contributed by atoms with E-state index in [1.165, 1.54) is 0 Å². The number of aromatic nitrogens is 1. The molecule has 2 aromatic rings. The van der Waals surface area contributed by atoms with Crippen molar-refractivity contribution < 1.29 is 4.42 Å². The summed E-state index contributed by atoms with van der Waals surface area (Å²) in [4.78, 5) is 6.83. The van der Waals surface area contributed by atoms with Crippen LogP contribution in [0.15, 0.2) is 29.0 Å². The van der Waals surface area contributed by atoms with Crippen molar-refractivity contribution in [3.8, 4) is 0 Å². The van der Waals surface area contributed by atoms with Crippen LogP contribution in [-0.4, -0.2) is 30.7 Å². The van der Waals surface area contributed by atoms with E-state index >= 15 is 0 Å². The Morgan fingerprint density at radius 1 is 1.50 bits per heavy atom. The van der Waals surface area contributed by atoms with Gasteiger partial charge in [0.15, 0.2) is 0 Å². The first-order valence-corrected chi connectivity index (χ1v) is 5.69. The molecule has 0 saturated carbocycles. The molecule has 3 heterocycles. The molecule has 1 N–H and O–H groups in total. The minimum Gasteiger partial charge on any atom is -0.464 e. The number of nitrogens with zero attached hydrogens (tertiary/aromatic N) is 2. The molecule has 0 spiro atoms. The quantitative estimate of drug-likeness (QED) is 0.848. The third kappa shape index (κ3) is 1.38. The first kappa shape index (κ1) is 9.66. The predicted molar refractivity (Wildman–Crippen MR) is 63.7 cm³/mol. The van der Waals surface area contributed by atoms with Crippen molar-refractivity contribution in [2.75, 3.05) is 24.5 Å². The summed E-state index contributed by atoms with van der Waals surface area (Å²) in [6.07, 6.45) is 3.54. The van der Waals surface area contributed by atoms with Crippen LogP contribution in [0.4, 0.5) is 5.82 Å². The highest BCUT2D eigenvalue weighted by molar-refractivity contribution is 5.88. The summed E-state index contributed by atoms with van der Waals surface area (Å²) in [5.41, 5.74) is 0.913. The van der Waals surface area contributed by atoms with E-state index in [0.717, 1.165) is 36.4 Å². The molecule has 1 aliphatic heterocycles. The molecule has 0 atom stereocenters. The Bertz CT molecular complexity index is 490. The molecule has 0 amide bonds. The lowest BCUT2D eigenvalue weighted by atomic mass is 10.1. The van der Waals surface area contributed by atoms with E-state index in [-0.39, 0.29) is 0 Å². The van der Waals surface area contributed by atoms with Crippen molar-refractivity contribution in [3.63, 3.8) is 0 Å². The van der Waals surface area contributed by atoms with Crippen molar-refractivity contribution in [2.45, 2.75) is 13.0 Å². The molecule has 0 aliphatic carbocycles. The van der Waals surface area contributed by atoms with Gasteiger partial charge in [0, 0.05) is 25.8 Å². The Morgan fingerprint density at radius 2 is 2.38 bits per heavy atom. The number of nitrogens with one attached hydrogen (secondary N) is 1. The van der Waals surface area contributed by atoms with Crippen LogP contribution in [0.1, 0.15) is 6.92 Å². The predicted octanol–water partition coefficient (Wildman–Crippen LogP) is 1.63. The minimum atomic E-state index is 0.568. The maximum atomic E-state index is 5.40. The second-order valence-corrected chi connectivity index (χ2v) is 4.07. The van der Waals surface area contributed by atoms with Crippen LogP contribution >= 0.6 is 0 Å². The largest absolute Gasteiger partial charge is 0.464 e. The van der Waals surface area contributed by atoms with Gasteiger partial charge in [0.1, 0.15) is 11.4 Å². The number of likely N-dealkylation sites (N-methyl/N-ethyl adjacent to an activating group) is 1. The van der Waals surface area contributed by atoms with Gasteiger partial charge in [-0.25, -0.2) is 4.98 Å². The third-order valence-electron chi connectivity index (χ3n) is 3.17. The zero-order chi connectivity index (χ0) is 11.0. The Hall–Kier alpha value is -1.55. The van der Waals surface area contributed by atoms with Crippen LogP contribution in [0, 0.1) is 0 Å². The fourth-order valence-electron chi connectivity index (χ4n) is 2.18. The summed E-state index contributed by atoms with van der Waals surface area (Å²) < 4.78 is 5.40. The van der Waals surface area contributed by atoms with Gasteiger partial charge in [-0.05, 0) is 19.1 Å². The first-order valence-electron chi connectivity index (χ1n) is 5.69. The van der Waals surface area contributed by atoms with E-state index in [4.69, 9.17) is 4.42 Å². The van der Waals surface area contributed by atoms with Gasteiger partial charge in [0.2, 0.25) is 0 Å². The lowest BCUT2D eigenvalue weighted by Gasteiger charge is -2.38. The van der Waals surface area contributed by atoms with Crippen LogP contribution in [0.2, 0.25) is 0 Å². The van der Waals surface area contributed by atoms with Crippen molar-refractivity contribution in [1.82, 2.24) is 10.3 Å². The van der Waals surface area contributed by atoms with Gasteiger partial charge >= 0.3 is 0 Å². The van der Waals surface area contributed by atoms with E-state index < -0.39 is 0 Å². The average Bonchev–Trinajstić information content (AvgIpc) is 2.70. The molecule has 4 heteroatoms. The highest BCUT2D eigenvalue weighted by atomic mass is 16.3. The lowest BCUT2D eigenvalue weighted by Crippen LogP contribution is -2.57. The molecule has 84 valence electrons. The molecule has 4 nitrogen and oxygen atoms in total. The van der Waals surface area contributed by atoms with E-state index in [9.17, 15) is 0 Å². The Kier molecular flexibility index (Phi) is 2.29. The van der Waals surface area contributed by atoms with Gasteiger partial charge in [-0.3, -0.25) is 0 Å². The second kappa shape index (κ2) is 3.79. The standard InChI is InChI=1S/C12H15N3O/c1-2-15(9-7-13-8-9)12-10-4-6-16-11(10)3-5-14-12/h3-6,9,13H,2,7-8H2,1H3. The Morgan fingerprint density at radius 3 is 3.06 bits per heavy atom. The maximum absolute atomic E-state index is 5.40. The number of rotatable bonds is 3. The van der Waals surface area contributed by atoms with Gasteiger partial charge in [-0.1, -0.05) is 0 Å². The molecule has 0 aromatic carbocycles. The molecule has 2 aromatic heterocycles. The van der Waals surface area contributed by atoms with Gasteiger partial charge in [-0.15, -0.1) is 0 Å².